The topological polar surface area (TPSA) is 80.0 Å². The molecule has 2 fully saturated rings. The Morgan fingerprint density at radius 2 is 1.91 bits per heavy atom. The second kappa shape index (κ2) is 7.59. The number of carbonyl (C=O) groups excluding carboxylic acids is 1. The van der Waals surface area contributed by atoms with Crippen LogP contribution in [0, 0.1) is 5.41 Å². The first-order valence-corrected chi connectivity index (χ1v) is 10.2. The summed E-state index contributed by atoms with van der Waals surface area (Å²) in [7, 11) is 0. The lowest BCUT2D eigenvalue weighted by Crippen LogP contribution is -2.32. The zero-order valence-electron chi connectivity index (χ0n) is 17.1. The third-order valence-electron chi connectivity index (χ3n) is 6.08. The average molecular weight is 467 g/mol. The van der Waals surface area contributed by atoms with Gasteiger partial charge in [0.15, 0.2) is 11.5 Å². The van der Waals surface area contributed by atoms with Crippen molar-refractivity contribution in [2.75, 3.05) is 29.4 Å². The van der Waals surface area contributed by atoms with E-state index in [9.17, 15) is 26.7 Å². The number of fused-ring (bicyclic) bond motifs is 1. The van der Waals surface area contributed by atoms with Gasteiger partial charge in [0.1, 0.15) is 17.8 Å². The number of anilines is 2. The molecule has 0 aliphatic carbocycles. The minimum atomic E-state index is -4.50. The van der Waals surface area contributed by atoms with Gasteiger partial charge in [-0.2, -0.15) is 18.3 Å². The van der Waals surface area contributed by atoms with Crippen LogP contribution in [0.4, 0.5) is 33.5 Å². The number of alkyl halides is 5. The summed E-state index contributed by atoms with van der Waals surface area (Å²) in [5.74, 6) is 0.0889. The second-order valence-electron chi connectivity index (χ2n) is 8.38. The first-order valence-electron chi connectivity index (χ1n) is 10.2. The van der Waals surface area contributed by atoms with Crippen molar-refractivity contribution in [3.05, 3.63) is 36.4 Å². The first kappa shape index (κ1) is 21.5. The van der Waals surface area contributed by atoms with Crippen LogP contribution in [-0.4, -0.2) is 56.7 Å². The van der Waals surface area contributed by atoms with Crippen LogP contribution >= 0.6 is 0 Å². The van der Waals surface area contributed by atoms with Crippen LogP contribution in [0.25, 0.3) is 11.2 Å². The number of nitrogens with zero attached hydrogens (tertiary/aromatic N) is 7. The summed E-state index contributed by atoms with van der Waals surface area (Å²) >= 11 is 0. The van der Waals surface area contributed by atoms with Crippen LogP contribution in [0.1, 0.15) is 18.5 Å². The number of amides is 1. The summed E-state index contributed by atoms with van der Waals surface area (Å²) < 4.78 is 65.0. The van der Waals surface area contributed by atoms with E-state index in [1.807, 2.05) is 4.90 Å². The van der Waals surface area contributed by atoms with Crippen molar-refractivity contribution in [1.82, 2.24) is 24.7 Å². The van der Waals surface area contributed by atoms with Crippen molar-refractivity contribution in [3.63, 3.8) is 0 Å². The fraction of sp³-hybridized carbons (Fsp3) is 0.450. The fourth-order valence-corrected chi connectivity index (χ4v) is 4.51. The van der Waals surface area contributed by atoms with Crippen LogP contribution < -0.4 is 9.80 Å². The van der Waals surface area contributed by atoms with Crippen LogP contribution in [0.5, 0.6) is 0 Å². The van der Waals surface area contributed by atoms with Crippen LogP contribution in [0.3, 0.4) is 0 Å². The number of hydrogen-bond donors (Lipinski definition) is 0. The van der Waals surface area contributed by atoms with Crippen molar-refractivity contribution < 1.29 is 26.7 Å². The van der Waals surface area contributed by atoms with Gasteiger partial charge in [0.25, 0.3) is 6.43 Å². The molecule has 0 N–H and O–H groups in total. The van der Waals surface area contributed by atoms with Gasteiger partial charge in [-0.15, -0.1) is 0 Å². The Morgan fingerprint density at radius 1 is 1.09 bits per heavy atom. The molecule has 1 unspecified atom stereocenters. The molecule has 5 rings (SSSR count). The number of halogens is 5. The van der Waals surface area contributed by atoms with Crippen molar-refractivity contribution >= 4 is 28.6 Å². The maximum absolute atomic E-state index is 12.8. The predicted molar refractivity (Wildman–Crippen MR) is 107 cm³/mol. The number of hydrogen-bond acceptors (Lipinski definition) is 6. The minimum absolute atomic E-state index is 0.170. The molecule has 8 nitrogen and oxygen atoms in total. The van der Waals surface area contributed by atoms with Gasteiger partial charge < -0.3 is 4.90 Å². The van der Waals surface area contributed by atoms with Gasteiger partial charge in [0.05, 0.1) is 24.3 Å². The van der Waals surface area contributed by atoms with E-state index in [1.165, 1.54) is 29.6 Å². The molecule has 2 aliphatic heterocycles. The molecule has 3 aromatic rings. The second-order valence-corrected chi connectivity index (χ2v) is 8.38. The molecule has 33 heavy (non-hydrogen) atoms. The summed E-state index contributed by atoms with van der Waals surface area (Å²) in [6.45, 7) is 0.760. The standard InChI is InChI=1S/C20H18F5N7O/c21-15(22)9-32-18-13(7-28-32)26-8-16(29-18)31-11-19(5-17(31)33)3-4-30(10-19)12-1-2-14(27-6-12)20(23,24)25/h1-2,6-8,15H,3-5,9-11H2. The van der Waals surface area contributed by atoms with Crippen molar-refractivity contribution in [2.24, 2.45) is 5.41 Å². The molecular weight excluding hydrogens is 449 g/mol. The van der Waals surface area contributed by atoms with Crippen LogP contribution in [0.15, 0.2) is 30.7 Å². The molecular formula is C20H18F5N7O. The van der Waals surface area contributed by atoms with Crippen molar-refractivity contribution in [3.8, 4) is 0 Å². The van der Waals surface area contributed by atoms with Crippen molar-refractivity contribution in [1.29, 1.82) is 0 Å². The zero-order valence-corrected chi connectivity index (χ0v) is 17.1. The van der Waals surface area contributed by atoms with Gasteiger partial charge in [-0.3, -0.25) is 9.69 Å². The largest absolute Gasteiger partial charge is 0.433 e. The molecule has 174 valence electrons. The van der Waals surface area contributed by atoms with E-state index in [0.29, 0.717) is 37.3 Å². The summed E-state index contributed by atoms with van der Waals surface area (Å²) in [5.41, 5.74) is -0.280. The van der Waals surface area contributed by atoms with Gasteiger partial charge in [0, 0.05) is 31.5 Å². The van der Waals surface area contributed by atoms with Gasteiger partial charge in [-0.25, -0.2) is 28.4 Å². The van der Waals surface area contributed by atoms with E-state index in [1.54, 1.807) is 0 Å². The van der Waals surface area contributed by atoms with Gasteiger partial charge >= 0.3 is 6.18 Å². The predicted octanol–water partition coefficient (Wildman–Crippen LogP) is 3.14. The molecule has 1 spiro atoms. The molecule has 5 heterocycles. The van der Waals surface area contributed by atoms with E-state index in [2.05, 4.69) is 20.1 Å². The van der Waals surface area contributed by atoms with E-state index in [0.717, 1.165) is 10.7 Å². The highest BCUT2D eigenvalue weighted by molar-refractivity contribution is 5.96. The Balaban J connectivity index is 1.34. The molecule has 2 aliphatic rings. The Hall–Kier alpha value is -3.38. The molecule has 1 amide bonds. The molecule has 2 saturated heterocycles. The van der Waals surface area contributed by atoms with Crippen LogP contribution in [0.2, 0.25) is 0 Å². The maximum atomic E-state index is 12.8. The summed E-state index contributed by atoms with van der Waals surface area (Å²) in [6.07, 6.45) is -2.26. The van der Waals surface area contributed by atoms with Gasteiger partial charge in [-0.1, -0.05) is 0 Å². The average Bonchev–Trinajstić information content (AvgIpc) is 3.44. The lowest BCUT2D eigenvalue weighted by atomic mass is 9.86. The Kier molecular flexibility index (Phi) is 4.94. The number of carbonyl (C=O) groups is 1. The normalized spacial score (nSPS) is 21.3. The summed E-state index contributed by atoms with van der Waals surface area (Å²) in [5, 5.41) is 3.88. The fourth-order valence-electron chi connectivity index (χ4n) is 4.51. The Labute approximate surface area is 184 Å². The van der Waals surface area contributed by atoms with Crippen LogP contribution in [-0.2, 0) is 17.5 Å². The molecule has 1 atom stereocenters. The highest BCUT2D eigenvalue weighted by Gasteiger charge is 2.48. The Morgan fingerprint density at radius 3 is 2.61 bits per heavy atom. The van der Waals surface area contributed by atoms with E-state index in [-0.39, 0.29) is 23.8 Å². The third-order valence-corrected chi connectivity index (χ3v) is 6.08. The monoisotopic (exact) mass is 467 g/mol. The molecule has 0 aromatic carbocycles. The Bertz CT molecular complexity index is 1200. The quantitative estimate of drug-likeness (QED) is 0.549. The lowest BCUT2D eigenvalue weighted by Gasteiger charge is -2.24. The van der Waals surface area contributed by atoms with Gasteiger partial charge in [-0.05, 0) is 18.6 Å². The molecule has 0 bridgehead atoms. The summed E-state index contributed by atoms with van der Waals surface area (Å²) in [6, 6.07) is 2.33. The number of rotatable bonds is 4. The summed E-state index contributed by atoms with van der Waals surface area (Å²) in [4.78, 5) is 28.3. The number of pyridine rings is 1. The van der Waals surface area contributed by atoms with Crippen molar-refractivity contribution in [2.45, 2.75) is 32.0 Å². The lowest BCUT2D eigenvalue weighted by molar-refractivity contribution is -0.141. The zero-order chi connectivity index (χ0) is 23.4. The van der Waals surface area contributed by atoms with E-state index >= 15 is 0 Å². The minimum Gasteiger partial charge on any atom is -0.370 e. The van der Waals surface area contributed by atoms with E-state index < -0.39 is 30.3 Å². The SMILES string of the molecule is O=C1CC2(CCN(c3ccc(C(F)(F)F)nc3)C2)CN1c1cnc2cnn(CC(F)F)c2n1. The maximum Gasteiger partial charge on any atom is 0.433 e. The molecule has 3 aromatic heterocycles. The van der Waals surface area contributed by atoms with E-state index in [4.69, 9.17) is 0 Å². The molecule has 0 saturated carbocycles. The highest BCUT2D eigenvalue weighted by atomic mass is 19.4. The smallest absolute Gasteiger partial charge is 0.370 e. The molecule has 13 heteroatoms. The molecule has 0 radical (unpaired) electrons. The first-order chi connectivity index (χ1) is 15.6. The number of aromatic nitrogens is 5. The van der Waals surface area contributed by atoms with Gasteiger partial charge in [0.2, 0.25) is 5.91 Å². The third kappa shape index (κ3) is 3.95. The highest BCUT2D eigenvalue weighted by Crippen LogP contribution is 2.43.